The van der Waals surface area contributed by atoms with Crippen LogP contribution in [0.25, 0.3) is 0 Å². The highest BCUT2D eigenvalue weighted by atomic mass is 32.1. The van der Waals surface area contributed by atoms with Crippen molar-refractivity contribution in [2.75, 3.05) is 5.75 Å². The number of hydrogen-bond acceptors (Lipinski definition) is 7. The number of carboxylic acids is 1. The summed E-state index contributed by atoms with van der Waals surface area (Å²) in [6.07, 6.45) is 0.369. The molecule has 31 heavy (non-hydrogen) atoms. The Morgan fingerprint density at radius 2 is 1.48 bits per heavy atom. The van der Waals surface area contributed by atoms with Crippen LogP contribution >= 0.6 is 12.6 Å². The minimum absolute atomic E-state index is 0.0337. The predicted molar refractivity (Wildman–Crippen MR) is 118 cm³/mol. The number of nitrogens with one attached hydrogen (secondary N) is 3. The summed E-state index contributed by atoms with van der Waals surface area (Å²) in [6, 6.07) is -4.47. The number of carbonyl (C=O) groups is 5. The van der Waals surface area contributed by atoms with Gasteiger partial charge in [0.05, 0.1) is 12.5 Å². The first kappa shape index (κ1) is 28.7. The summed E-state index contributed by atoms with van der Waals surface area (Å²) in [5.41, 5.74) is 10.6. The first-order valence-electron chi connectivity index (χ1n) is 10.1. The van der Waals surface area contributed by atoms with Gasteiger partial charge in [0.2, 0.25) is 23.6 Å². The molecule has 0 aromatic rings. The fourth-order valence-corrected chi connectivity index (χ4v) is 2.95. The maximum Gasteiger partial charge on any atom is 0.326 e. The van der Waals surface area contributed by atoms with Crippen LogP contribution in [0.15, 0.2) is 0 Å². The zero-order chi connectivity index (χ0) is 24.3. The number of aliphatic carboxylic acids is 1. The standard InChI is InChI=1S/C19H35N5O6S/c1-5-10(4)15(18(28)22-12(19(29)30)6-9(2)3)24-17(27)13(8-31)23-16(26)11(20)7-14(21)25/h9-13,15,31H,5-8,20H2,1-4H3,(H2,21,25)(H,22,28)(H,23,26)(H,24,27)(H,29,30). The molecule has 5 unspecified atom stereocenters. The minimum Gasteiger partial charge on any atom is -0.480 e. The van der Waals surface area contributed by atoms with E-state index in [-0.39, 0.29) is 24.0 Å². The van der Waals surface area contributed by atoms with E-state index in [1.165, 1.54) is 0 Å². The van der Waals surface area contributed by atoms with Crippen molar-refractivity contribution in [3.05, 3.63) is 0 Å². The summed E-state index contributed by atoms with van der Waals surface area (Å²) >= 11 is 4.05. The number of nitrogens with two attached hydrogens (primary N) is 2. The van der Waals surface area contributed by atoms with Crippen LogP contribution in [0.4, 0.5) is 0 Å². The highest BCUT2D eigenvalue weighted by molar-refractivity contribution is 7.80. The summed E-state index contributed by atoms with van der Waals surface area (Å²) in [4.78, 5) is 59.9. The Hall–Kier alpha value is -2.34. The molecule has 0 spiro atoms. The molecule has 0 saturated carbocycles. The second-order valence-electron chi connectivity index (χ2n) is 7.92. The molecule has 178 valence electrons. The summed E-state index contributed by atoms with van der Waals surface area (Å²) in [6.45, 7) is 7.22. The van der Waals surface area contributed by atoms with Crippen molar-refractivity contribution in [2.45, 2.75) is 71.1 Å². The molecule has 0 aromatic carbocycles. The summed E-state index contributed by atoms with van der Waals surface area (Å²) in [7, 11) is 0. The number of thiol groups is 1. The zero-order valence-electron chi connectivity index (χ0n) is 18.4. The average molecular weight is 462 g/mol. The van der Waals surface area contributed by atoms with Gasteiger partial charge in [0.15, 0.2) is 0 Å². The van der Waals surface area contributed by atoms with Gasteiger partial charge in [0.25, 0.3) is 0 Å². The Labute approximate surface area is 187 Å². The lowest BCUT2D eigenvalue weighted by atomic mass is 9.96. The first-order chi connectivity index (χ1) is 14.3. The molecule has 0 fully saturated rings. The van der Waals surface area contributed by atoms with E-state index in [4.69, 9.17) is 11.5 Å². The minimum atomic E-state index is -1.23. The largest absolute Gasteiger partial charge is 0.480 e. The second-order valence-corrected chi connectivity index (χ2v) is 8.29. The molecule has 0 aliphatic heterocycles. The Bertz CT molecular complexity index is 660. The van der Waals surface area contributed by atoms with E-state index in [0.29, 0.717) is 6.42 Å². The van der Waals surface area contributed by atoms with Crippen molar-refractivity contribution in [3.63, 3.8) is 0 Å². The van der Waals surface area contributed by atoms with Crippen LogP contribution in [-0.2, 0) is 24.0 Å². The van der Waals surface area contributed by atoms with E-state index in [1.807, 2.05) is 20.8 Å². The molecule has 0 saturated heterocycles. The number of primary amides is 1. The van der Waals surface area contributed by atoms with Crippen LogP contribution in [0.1, 0.15) is 47.0 Å². The Kier molecular flexibility index (Phi) is 12.8. The van der Waals surface area contributed by atoms with Gasteiger partial charge in [0.1, 0.15) is 18.1 Å². The van der Waals surface area contributed by atoms with Gasteiger partial charge in [-0.25, -0.2) is 4.79 Å². The van der Waals surface area contributed by atoms with Gasteiger partial charge in [0, 0.05) is 5.75 Å². The Morgan fingerprint density at radius 1 is 0.935 bits per heavy atom. The van der Waals surface area contributed by atoms with Crippen molar-refractivity contribution < 1.29 is 29.1 Å². The molecule has 0 aliphatic rings. The maximum atomic E-state index is 12.8. The monoisotopic (exact) mass is 461 g/mol. The molecule has 8 N–H and O–H groups in total. The molecular weight excluding hydrogens is 426 g/mol. The molecular formula is C19H35N5O6S. The normalized spacial score (nSPS) is 15.8. The molecule has 0 heterocycles. The second kappa shape index (κ2) is 13.9. The Balaban J connectivity index is 5.33. The van der Waals surface area contributed by atoms with Crippen LogP contribution in [-0.4, -0.2) is 64.6 Å². The van der Waals surface area contributed by atoms with Gasteiger partial charge in [-0.2, -0.15) is 12.6 Å². The lowest BCUT2D eigenvalue weighted by Crippen LogP contribution is -2.59. The van der Waals surface area contributed by atoms with Gasteiger partial charge < -0.3 is 32.5 Å². The molecule has 0 rings (SSSR count). The molecule has 11 nitrogen and oxygen atoms in total. The Morgan fingerprint density at radius 3 is 1.90 bits per heavy atom. The van der Waals surface area contributed by atoms with Crippen molar-refractivity contribution in [3.8, 4) is 0 Å². The van der Waals surface area contributed by atoms with E-state index in [9.17, 15) is 29.1 Å². The van der Waals surface area contributed by atoms with E-state index in [1.54, 1.807) is 6.92 Å². The maximum absolute atomic E-state index is 12.8. The van der Waals surface area contributed by atoms with Crippen molar-refractivity contribution in [1.29, 1.82) is 0 Å². The van der Waals surface area contributed by atoms with Crippen LogP contribution in [0, 0.1) is 11.8 Å². The highest BCUT2D eigenvalue weighted by Gasteiger charge is 2.32. The topological polar surface area (TPSA) is 194 Å². The van der Waals surface area contributed by atoms with Gasteiger partial charge in [-0.3, -0.25) is 19.2 Å². The van der Waals surface area contributed by atoms with Crippen molar-refractivity contribution in [2.24, 2.45) is 23.3 Å². The van der Waals surface area contributed by atoms with Gasteiger partial charge in [-0.1, -0.05) is 34.1 Å². The SMILES string of the molecule is CCC(C)C(NC(=O)C(CS)NC(=O)C(N)CC(N)=O)C(=O)NC(CC(C)C)C(=O)O. The number of amides is 4. The number of rotatable bonds is 14. The number of carboxylic acid groups (broad SMARTS) is 1. The van der Waals surface area contributed by atoms with E-state index < -0.39 is 60.2 Å². The predicted octanol–water partition coefficient (Wildman–Crippen LogP) is -1.25. The molecule has 0 aromatic heterocycles. The lowest BCUT2D eigenvalue weighted by molar-refractivity contribution is -0.143. The van der Waals surface area contributed by atoms with Crippen molar-refractivity contribution in [1.82, 2.24) is 16.0 Å². The van der Waals surface area contributed by atoms with Crippen LogP contribution in [0.2, 0.25) is 0 Å². The molecule has 0 radical (unpaired) electrons. The zero-order valence-corrected chi connectivity index (χ0v) is 19.3. The molecule has 0 bridgehead atoms. The third-order valence-electron chi connectivity index (χ3n) is 4.69. The number of carbonyl (C=O) groups excluding carboxylic acids is 4. The van der Waals surface area contributed by atoms with E-state index in [0.717, 1.165) is 0 Å². The highest BCUT2D eigenvalue weighted by Crippen LogP contribution is 2.11. The van der Waals surface area contributed by atoms with Gasteiger partial charge in [-0.15, -0.1) is 0 Å². The van der Waals surface area contributed by atoms with Crippen LogP contribution in [0.5, 0.6) is 0 Å². The quantitative estimate of drug-likeness (QED) is 0.157. The number of hydrogen-bond donors (Lipinski definition) is 7. The average Bonchev–Trinajstić information content (AvgIpc) is 2.67. The fourth-order valence-electron chi connectivity index (χ4n) is 2.69. The third-order valence-corrected chi connectivity index (χ3v) is 5.05. The van der Waals surface area contributed by atoms with Crippen molar-refractivity contribution >= 4 is 42.2 Å². The third kappa shape index (κ3) is 10.5. The van der Waals surface area contributed by atoms with E-state index >= 15 is 0 Å². The smallest absolute Gasteiger partial charge is 0.326 e. The fraction of sp³-hybridized carbons (Fsp3) is 0.737. The summed E-state index contributed by atoms with van der Waals surface area (Å²) < 4.78 is 0. The van der Waals surface area contributed by atoms with Gasteiger partial charge in [-0.05, 0) is 18.3 Å². The molecule has 4 amide bonds. The van der Waals surface area contributed by atoms with Crippen LogP contribution < -0.4 is 27.4 Å². The molecule has 5 atom stereocenters. The summed E-state index contributed by atoms with van der Waals surface area (Å²) in [5.74, 6) is -4.40. The van der Waals surface area contributed by atoms with Crippen LogP contribution in [0.3, 0.4) is 0 Å². The van der Waals surface area contributed by atoms with Gasteiger partial charge >= 0.3 is 5.97 Å². The first-order valence-corrected chi connectivity index (χ1v) is 10.8. The molecule has 0 aliphatic carbocycles. The lowest BCUT2D eigenvalue weighted by Gasteiger charge is -2.28. The molecule has 12 heteroatoms. The van der Waals surface area contributed by atoms with E-state index in [2.05, 4.69) is 28.6 Å². The summed E-state index contributed by atoms with van der Waals surface area (Å²) in [5, 5.41) is 16.8.